The smallest absolute Gasteiger partial charge is 0.408 e. The summed E-state index contributed by atoms with van der Waals surface area (Å²) < 4.78 is 33.3. The lowest BCUT2D eigenvalue weighted by molar-refractivity contribution is -0.142. The zero-order valence-electron chi connectivity index (χ0n) is 68.6. The number of rotatable bonds is 44. The van der Waals surface area contributed by atoms with Crippen LogP contribution >= 0.6 is 23.5 Å². The highest BCUT2D eigenvalue weighted by atomic mass is 32.2. The first-order valence-corrected chi connectivity index (χ1v) is 43.8. The molecule has 30 nitrogen and oxygen atoms in total. The number of likely N-dealkylation sites (tertiary alicyclic amines) is 1. The molecule has 0 bridgehead atoms. The first kappa shape index (κ1) is 94.6. The molecule has 33 heteroatoms. The number of amides is 12. The molecule has 1 unspecified atom stereocenters. The van der Waals surface area contributed by atoms with Gasteiger partial charge in [0, 0.05) is 67.4 Å². The molecule has 7 rings (SSSR count). The van der Waals surface area contributed by atoms with Crippen molar-refractivity contribution in [2.75, 3.05) is 38.5 Å². The third-order valence-electron chi connectivity index (χ3n) is 20.1. The first-order valence-electron chi connectivity index (χ1n) is 40.2. The summed E-state index contributed by atoms with van der Waals surface area (Å²) in [6.07, 6.45) is 3.76. The van der Waals surface area contributed by atoms with Crippen molar-refractivity contribution in [1.82, 2.24) is 68.1 Å². The highest BCUT2D eigenvalue weighted by Gasteiger charge is 2.42. The summed E-state index contributed by atoms with van der Waals surface area (Å²) in [5, 5.41) is 38.3. The van der Waals surface area contributed by atoms with Gasteiger partial charge in [-0.1, -0.05) is 192 Å². The molecule has 5 aromatic carbocycles. The van der Waals surface area contributed by atoms with Crippen molar-refractivity contribution >= 4 is 111 Å². The van der Waals surface area contributed by atoms with Crippen molar-refractivity contribution in [3.05, 3.63) is 173 Å². The van der Waals surface area contributed by atoms with Crippen LogP contribution in [0.15, 0.2) is 150 Å². The van der Waals surface area contributed by atoms with Gasteiger partial charge in [-0.2, -0.15) is 11.8 Å². The SMILES string of the molecule is CCC(C)[C@H](NC(=O)[C@H](Cc1ccccc1)NC(=O)[C@@H](Cc1ccccc1)NC(=O)CC1(SCc2ccccc2)CCCCC1)C(=O)N[C@@H](CC(N)=O)C(=O)N[C@@H](CSCc1ccccc1)C(=O)N1CCC[C@H]1C(=O)N[C@@H](CCCNC(=N)NS(=O)(=O)c1ccc(C)cc1)C(=O)NCC(=O)NCCNC(=O)[C@H](NC(=O)OC(C)(C)C)C(C)C. The minimum Gasteiger partial charge on any atom is -0.444 e. The van der Waals surface area contributed by atoms with Crippen LogP contribution in [0.25, 0.3) is 0 Å². The van der Waals surface area contributed by atoms with Gasteiger partial charge in [0.25, 0.3) is 10.0 Å². The molecule has 0 radical (unpaired) electrons. The van der Waals surface area contributed by atoms with Crippen LogP contribution in [-0.2, 0) is 91.8 Å². The third-order valence-corrected chi connectivity index (χ3v) is 24.2. The number of benzene rings is 5. The molecular weight excluding hydrogens is 1570 g/mol. The molecule has 1 heterocycles. The molecule has 12 amide bonds. The summed E-state index contributed by atoms with van der Waals surface area (Å²) in [5.74, 6) is -8.94. The van der Waals surface area contributed by atoms with E-state index >= 15 is 9.59 Å². The summed E-state index contributed by atoms with van der Waals surface area (Å²) in [4.78, 5) is 172. The normalized spacial score (nSPS) is 15.9. The van der Waals surface area contributed by atoms with Gasteiger partial charge in [0.05, 0.1) is 17.9 Å². The Morgan fingerprint density at radius 2 is 1.11 bits per heavy atom. The molecule has 1 saturated heterocycles. The Labute approximate surface area is 700 Å². The Morgan fingerprint density at radius 1 is 0.568 bits per heavy atom. The van der Waals surface area contributed by atoms with Crippen LogP contribution in [0.3, 0.4) is 0 Å². The van der Waals surface area contributed by atoms with Gasteiger partial charge in [-0.05, 0) is 112 Å². The lowest BCUT2D eigenvalue weighted by atomic mass is 9.85. The predicted molar refractivity (Wildman–Crippen MR) is 454 cm³/mol. The van der Waals surface area contributed by atoms with Crippen LogP contribution in [0.1, 0.15) is 153 Å². The highest BCUT2D eigenvalue weighted by molar-refractivity contribution is 8.00. The number of nitrogens with one attached hydrogen (secondary N) is 13. The van der Waals surface area contributed by atoms with E-state index in [4.69, 9.17) is 15.9 Å². The highest BCUT2D eigenvalue weighted by Crippen LogP contribution is 2.44. The van der Waals surface area contributed by atoms with E-state index in [1.54, 1.807) is 110 Å². The van der Waals surface area contributed by atoms with Crippen LogP contribution in [-0.4, -0.2) is 188 Å². The van der Waals surface area contributed by atoms with Crippen LogP contribution in [0, 0.1) is 24.2 Å². The summed E-state index contributed by atoms with van der Waals surface area (Å²) in [5.41, 5.74) is 9.21. The monoisotopic (exact) mass is 1680 g/mol. The van der Waals surface area contributed by atoms with E-state index in [-0.39, 0.29) is 98.3 Å². The number of guanidine groups is 1. The number of sulfonamides is 1. The quantitative estimate of drug-likeness (QED) is 0.0125. The minimum atomic E-state index is -4.17. The minimum absolute atomic E-state index is 0.00570. The van der Waals surface area contributed by atoms with Crippen LogP contribution in [0.2, 0.25) is 0 Å². The second kappa shape index (κ2) is 47.2. The number of nitrogens with two attached hydrogens (primary N) is 1. The average Bonchev–Trinajstić information content (AvgIpc) is 1.35. The van der Waals surface area contributed by atoms with E-state index in [9.17, 15) is 56.4 Å². The van der Waals surface area contributed by atoms with Gasteiger partial charge in [-0.15, -0.1) is 11.8 Å². The Bertz CT molecular complexity index is 4290. The maximum Gasteiger partial charge on any atom is 0.408 e. The van der Waals surface area contributed by atoms with E-state index in [0.717, 1.165) is 54.4 Å². The summed E-state index contributed by atoms with van der Waals surface area (Å²) >= 11 is 3.02. The molecule has 1 saturated carbocycles. The second-order valence-electron chi connectivity index (χ2n) is 31.3. The number of ether oxygens (including phenoxy) is 1. The number of alkyl carbamates (subject to hydrolysis) is 1. The third kappa shape index (κ3) is 32.1. The maximum atomic E-state index is 15.2. The van der Waals surface area contributed by atoms with Crippen LogP contribution in [0.5, 0.6) is 0 Å². The van der Waals surface area contributed by atoms with Crippen molar-refractivity contribution in [1.29, 1.82) is 5.41 Å². The summed E-state index contributed by atoms with van der Waals surface area (Å²) in [6.45, 7) is 12.9. The fourth-order valence-electron chi connectivity index (χ4n) is 13.6. The van der Waals surface area contributed by atoms with Crippen molar-refractivity contribution in [2.24, 2.45) is 17.6 Å². The molecule has 640 valence electrons. The second-order valence-corrected chi connectivity index (χ2v) is 35.4. The molecule has 9 atom stereocenters. The van der Waals surface area contributed by atoms with Crippen molar-refractivity contribution in [3.8, 4) is 0 Å². The topological polar surface area (TPSA) is 446 Å². The standard InChI is InChI=1S/C85H117N15O15S3/c1-9-57(5)73(97-77(107)65(48-59-29-17-11-18-30-59)94-75(105)64(47-58-27-15-10-16-28-58)92-70(102)50-85(41-23-14-24-42-85)117-53-61-33-21-13-22-34-61)80(110)95-66(49-69(86)101)76(106)96-67(54-116-52-60-31-19-12-20-32-60)81(111)100-46-26-36-68(100)78(108)93-63(35-25-43-90-82(87)99-118(113,114)62-39-37-56(4)38-40-62)74(104)91-51-71(103)88-44-45-89-79(109)72(55(2)3)98-83(112)115-84(6,7)8/h10-13,15-22,27-34,37-40,55,57,63-68,72-73H,9,14,23-26,35-36,41-54H2,1-8H3,(H2,86,101)(H,88,103)(H,89,109)(H,91,104)(H,92,102)(H,93,108)(H,94,105)(H,95,110)(H,96,106)(H,97,107)(H,98,112)(H3,87,90,99)/t57?,63-,64+,65-,66-,67-,68-,72+,73-/m0/s1. The Balaban J connectivity index is 1.07. The molecule has 0 spiro atoms. The van der Waals surface area contributed by atoms with Crippen molar-refractivity contribution < 1.29 is 70.7 Å². The Hall–Kier alpha value is -10.5. The number of carbonyl (C=O) groups is 12. The van der Waals surface area contributed by atoms with Gasteiger partial charge in [0.15, 0.2) is 0 Å². The number of aryl methyl sites for hydroxylation is 1. The van der Waals surface area contributed by atoms with Crippen LogP contribution < -0.4 is 68.9 Å². The van der Waals surface area contributed by atoms with Gasteiger partial charge in [0.2, 0.25) is 70.9 Å². The number of hydrogen-bond donors (Lipinski definition) is 14. The molecule has 1 aliphatic carbocycles. The number of carbonyl (C=O) groups excluding carboxylic acids is 12. The molecule has 15 N–H and O–H groups in total. The average molecular weight is 1690 g/mol. The van der Waals surface area contributed by atoms with E-state index < -0.39 is 154 Å². The van der Waals surface area contributed by atoms with E-state index in [1.807, 2.05) is 78.9 Å². The Kier molecular flexibility index (Phi) is 37.8. The van der Waals surface area contributed by atoms with E-state index in [2.05, 4.69) is 75.3 Å². The van der Waals surface area contributed by atoms with Crippen LogP contribution in [0.4, 0.5) is 4.79 Å². The van der Waals surface area contributed by atoms with E-state index in [0.29, 0.717) is 23.5 Å². The molecule has 5 aromatic rings. The van der Waals surface area contributed by atoms with Gasteiger partial charge >= 0.3 is 6.09 Å². The molecular formula is C85H117N15O15S3. The number of nitrogens with zero attached hydrogens (tertiary/aromatic N) is 1. The fourth-order valence-corrected chi connectivity index (χ4v) is 17.0. The lowest BCUT2D eigenvalue weighted by Crippen LogP contribution is -2.62. The van der Waals surface area contributed by atoms with Gasteiger partial charge in [-0.3, -0.25) is 58.1 Å². The number of thioether (sulfide) groups is 2. The predicted octanol–water partition coefficient (Wildman–Crippen LogP) is 5.74. The molecule has 1 aliphatic heterocycles. The molecule has 0 aromatic heterocycles. The zero-order valence-corrected chi connectivity index (χ0v) is 71.0. The van der Waals surface area contributed by atoms with Gasteiger partial charge in [0.1, 0.15) is 53.9 Å². The summed E-state index contributed by atoms with van der Waals surface area (Å²) in [6, 6.07) is 32.6. The number of primary amides is 1. The molecule has 118 heavy (non-hydrogen) atoms. The lowest BCUT2D eigenvalue weighted by Gasteiger charge is -2.37. The van der Waals surface area contributed by atoms with Gasteiger partial charge < -0.3 is 73.9 Å². The number of hydrogen-bond acceptors (Lipinski definition) is 18. The van der Waals surface area contributed by atoms with Crippen molar-refractivity contribution in [3.63, 3.8) is 0 Å². The van der Waals surface area contributed by atoms with Crippen molar-refractivity contribution in [2.45, 2.75) is 220 Å². The van der Waals surface area contributed by atoms with Gasteiger partial charge in [-0.25, -0.2) is 17.9 Å². The largest absolute Gasteiger partial charge is 0.444 e. The Morgan fingerprint density at radius 3 is 1.69 bits per heavy atom. The molecule has 2 fully saturated rings. The summed E-state index contributed by atoms with van der Waals surface area (Å²) in [7, 11) is -4.17. The first-order chi connectivity index (χ1) is 56.2. The van der Waals surface area contributed by atoms with E-state index in [1.165, 1.54) is 28.8 Å². The molecule has 2 aliphatic rings. The maximum absolute atomic E-state index is 15.2. The fraction of sp³-hybridized carbons (Fsp3) is 0.494. The zero-order chi connectivity index (χ0) is 86.0.